The van der Waals surface area contributed by atoms with Gasteiger partial charge in [-0.15, -0.1) is 0 Å². The first-order valence-electron chi connectivity index (χ1n) is 4.12. The summed E-state index contributed by atoms with van der Waals surface area (Å²) < 4.78 is 27.7. The minimum atomic E-state index is -2.87. The topological polar surface area (TPSA) is 22.1 Å². The summed E-state index contributed by atoms with van der Waals surface area (Å²) in [7, 11) is 0. The summed E-state index contributed by atoms with van der Waals surface area (Å²) in [6.07, 6.45) is 0. The normalized spacial score (nSPS) is 11.1. The van der Waals surface area contributed by atoms with Crippen molar-refractivity contribution < 1.29 is 13.5 Å². The lowest BCUT2D eigenvalue weighted by Gasteiger charge is -2.09. The molecule has 14 heavy (non-hydrogen) atoms. The first-order valence-corrected chi connectivity index (χ1v) is 4.49. The molecule has 0 radical (unpaired) electrons. The average molecular weight is 222 g/mol. The highest BCUT2D eigenvalue weighted by Gasteiger charge is 2.10. The molecule has 0 aliphatic carbocycles. The van der Waals surface area contributed by atoms with Crippen molar-refractivity contribution in [1.82, 2.24) is 4.98 Å². The Balaban J connectivity index is 2.89. The van der Waals surface area contributed by atoms with Crippen LogP contribution in [0.2, 0.25) is 5.15 Å². The van der Waals surface area contributed by atoms with Gasteiger partial charge in [0.05, 0.1) is 0 Å². The average Bonchev–Trinajstić information content (AvgIpc) is 2.01. The van der Waals surface area contributed by atoms with E-state index in [9.17, 15) is 8.78 Å². The van der Waals surface area contributed by atoms with Crippen molar-refractivity contribution in [3.05, 3.63) is 22.8 Å². The van der Waals surface area contributed by atoms with Crippen molar-refractivity contribution in [2.24, 2.45) is 0 Å². The maximum absolute atomic E-state index is 11.8. The summed E-state index contributed by atoms with van der Waals surface area (Å²) in [5.74, 6) is 0.0463. The molecule has 0 aliphatic rings. The van der Waals surface area contributed by atoms with Crippen molar-refractivity contribution in [1.29, 1.82) is 0 Å². The first kappa shape index (κ1) is 11.2. The molecular formula is C9H10ClF2NO. The molecule has 0 N–H and O–H groups in total. The van der Waals surface area contributed by atoms with E-state index in [1.54, 1.807) is 6.07 Å². The van der Waals surface area contributed by atoms with Gasteiger partial charge in [0, 0.05) is 6.07 Å². The van der Waals surface area contributed by atoms with Gasteiger partial charge in [-0.1, -0.05) is 31.5 Å². The highest BCUT2D eigenvalue weighted by Crippen LogP contribution is 2.25. The highest BCUT2D eigenvalue weighted by molar-refractivity contribution is 6.30. The highest BCUT2D eigenvalue weighted by atomic mass is 35.5. The number of pyridine rings is 1. The Hall–Kier alpha value is -0.900. The summed E-state index contributed by atoms with van der Waals surface area (Å²) in [6.45, 7) is 1.01. The van der Waals surface area contributed by atoms with E-state index < -0.39 is 6.61 Å². The van der Waals surface area contributed by atoms with E-state index in [0.29, 0.717) is 0 Å². The van der Waals surface area contributed by atoms with E-state index in [-0.39, 0.29) is 17.0 Å². The number of hydrogen-bond acceptors (Lipinski definition) is 2. The number of aromatic nitrogens is 1. The second-order valence-electron chi connectivity index (χ2n) is 3.06. The predicted octanol–water partition coefficient (Wildman–Crippen LogP) is 3.46. The Morgan fingerprint density at radius 2 is 2.00 bits per heavy atom. The smallest absolute Gasteiger partial charge is 0.388 e. The third-order valence-electron chi connectivity index (χ3n) is 1.68. The lowest BCUT2D eigenvalue weighted by molar-refractivity contribution is -0.0528. The van der Waals surface area contributed by atoms with E-state index >= 15 is 0 Å². The van der Waals surface area contributed by atoms with E-state index in [1.807, 2.05) is 13.8 Å². The van der Waals surface area contributed by atoms with Gasteiger partial charge in [-0.3, -0.25) is 0 Å². The fourth-order valence-corrected chi connectivity index (χ4v) is 1.38. The predicted molar refractivity (Wildman–Crippen MR) is 50.0 cm³/mol. The molecule has 0 spiro atoms. The monoisotopic (exact) mass is 221 g/mol. The molecule has 1 aromatic heterocycles. The van der Waals surface area contributed by atoms with Gasteiger partial charge in [0.25, 0.3) is 0 Å². The van der Waals surface area contributed by atoms with Crippen LogP contribution in [0.1, 0.15) is 25.3 Å². The molecule has 0 bridgehead atoms. The fraction of sp³-hybridized carbons (Fsp3) is 0.444. The number of hydrogen-bond donors (Lipinski definition) is 0. The minimum Gasteiger partial charge on any atom is -0.417 e. The van der Waals surface area contributed by atoms with Gasteiger partial charge in [0.15, 0.2) is 0 Å². The van der Waals surface area contributed by atoms with Crippen molar-refractivity contribution in [2.75, 3.05) is 0 Å². The Labute approximate surface area is 85.9 Å². The summed E-state index contributed by atoms with van der Waals surface area (Å²) in [4.78, 5) is 3.70. The molecule has 1 aromatic rings. The minimum absolute atomic E-state index is 0.158. The molecule has 0 aromatic carbocycles. The van der Waals surface area contributed by atoms with Gasteiger partial charge in [0.1, 0.15) is 5.15 Å². The zero-order chi connectivity index (χ0) is 10.7. The van der Waals surface area contributed by atoms with E-state index in [1.165, 1.54) is 6.07 Å². The van der Waals surface area contributed by atoms with Gasteiger partial charge in [-0.05, 0) is 11.5 Å². The molecule has 0 amide bonds. The van der Waals surface area contributed by atoms with Gasteiger partial charge >= 0.3 is 6.61 Å². The summed E-state index contributed by atoms with van der Waals surface area (Å²) >= 11 is 5.77. The number of halogens is 3. The number of rotatable bonds is 3. The third-order valence-corrected chi connectivity index (χ3v) is 1.99. The van der Waals surface area contributed by atoms with Crippen LogP contribution in [0.5, 0.6) is 5.88 Å². The van der Waals surface area contributed by atoms with Crippen LogP contribution in [0, 0.1) is 0 Å². The van der Waals surface area contributed by atoms with E-state index in [4.69, 9.17) is 11.6 Å². The SMILES string of the molecule is CC(C)c1ccc(OC(F)F)nc1Cl. The van der Waals surface area contributed by atoms with Crippen LogP contribution in [-0.2, 0) is 0 Å². The fourth-order valence-electron chi connectivity index (χ4n) is 1.02. The van der Waals surface area contributed by atoms with Gasteiger partial charge in [-0.25, -0.2) is 4.98 Å². The second kappa shape index (κ2) is 4.55. The zero-order valence-corrected chi connectivity index (χ0v) is 8.55. The molecule has 0 saturated carbocycles. The van der Waals surface area contributed by atoms with Crippen LogP contribution in [0.4, 0.5) is 8.78 Å². The molecule has 1 rings (SSSR count). The van der Waals surface area contributed by atoms with Crippen LogP contribution in [-0.4, -0.2) is 11.6 Å². The van der Waals surface area contributed by atoms with Crippen molar-refractivity contribution in [3.63, 3.8) is 0 Å². The Bertz CT molecular complexity index is 318. The van der Waals surface area contributed by atoms with Crippen LogP contribution >= 0.6 is 11.6 Å². The summed E-state index contributed by atoms with van der Waals surface area (Å²) in [5.41, 5.74) is 0.813. The molecule has 0 aliphatic heterocycles. The molecular weight excluding hydrogens is 212 g/mol. The van der Waals surface area contributed by atoms with Crippen molar-refractivity contribution >= 4 is 11.6 Å². The summed E-state index contributed by atoms with van der Waals surface area (Å²) in [6, 6.07) is 3.02. The van der Waals surface area contributed by atoms with Crippen molar-refractivity contribution in [3.8, 4) is 5.88 Å². The molecule has 0 atom stereocenters. The molecule has 78 valence electrons. The van der Waals surface area contributed by atoms with Crippen molar-refractivity contribution in [2.45, 2.75) is 26.4 Å². The number of alkyl halides is 2. The van der Waals surface area contributed by atoms with Crippen LogP contribution in [0.15, 0.2) is 12.1 Å². The Morgan fingerprint density at radius 3 is 2.43 bits per heavy atom. The number of ether oxygens (including phenoxy) is 1. The molecule has 2 nitrogen and oxygen atoms in total. The maximum atomic E-state index is 11.8. The largest absolute Gasteiger partial charge is 0.417 e. The lowest BCUT2D eigenvalue weighted by atomic mass is 10.1. The standard InChI is InChI=1S/C9H10ClF2NO/c1-5(2)6-3-4-7(13-8(6)10)14-9(11)12/h3-5,9H,1-2H3. The first-order chi connectivity index (χ1) is 6.50. The molecule has 5 heteroatoms. The van der Waals surface area contributed by atoms with E-state index in [2.05, 4.69) is 9.72 Å². The van der Waals surface area contributed by atoms with Crippen LogP contribution < -0.4 is 4.74 Å². The van der Waals surface area contributed by atoms with Gasteiger partial charge in [0.2, 0.25) is 5.88 Å². The van der Waals surface area contributed by atoms with Crippen LogP contribution in [0.25, 0.3) is 0 Å². The number of nitrogens with zero attached hydrogens (tertiary/aromatic N) is 1. The molecule has 1 heterocycles. The van der Waals surface area contributed by atoms with Gasteiger partial charge in [-0.2, -0.15) is 8.78 Å². The Morgan fingerprint density at radius 1 is 1.36 bits per heavy atom. The lowest BCUT2D eigenvalue weighted by Crippen LogP contribution is -2.04. The molecule has 0 fully saturated rings. The van der Waals surface area contributed by atoms with E-state index in [0.717, 1.165) is 5.56 Å². The quantitative estimate of drug-likeness (QED) is 0.730. The Kier molecular flexibility index (Phi) is 3.63. The van der Waals surface area contributed by atoms with Crippen LogP contribution in [0.3, 0.4) is 0 Å². The van der Waals surface area contributed by atoms with Gasteiger partial charge < -0.3 is 4.74 Å². The second-order valence-corrected chi connectivity index (χ2v) is 3.42. The summed E-state index contributed by atoms with van der Waals surface area (Å²) in [5, 5.41) is 0.207. The third kappa shape index (κ3) is 2.80. The molecule has 0 unspecified atom stereocenters. The maximum Gasteiger partial charge on any atom is 0.388 e. The molecule has 0 saturated heterocycles. The zero-order valence-electron chi connectivity index (χ0n) is 7.80.